The largest absolute Gasteiger partial charge is 0.497 e. The van der Waals surface area contributed by atoms with Gasteiger partial charge in [-0.25, -0.2) is 4.79 Å². The summed E-state index contributed by atoms with van der Waals surface area (Å²) >= 11 is 0. The van der Waals surface area contributed by atoms with Crippen LogP contribution in [-0.2, 0) is 30.4 Å². The molecule has 1 aromatic carbocycles. The second kappa shape index (κ2) is 14.6. The molecule has 3 atom stereocenters. The minimum absolute atomic E-state index is 0.0216. The number of hydrogen-bond acceptors (Lipinski definition) is 6. The first-order valence-electron chi connectivity index (χ1n) is 12.7. The van der Waals surface area contributed by atoms with Gasteiger partial charge in [0.1, 0.15) is 11.9 Å². The van der Waals surface area contributed by atoms with Crippen molar-refractivity contribution < 1.29 is 28.5 Å². The number of fused-ring (bicyclic) bond motifs is 2. The van der Waals surface area contributed by atoms with E-state index in [4.69, 9.17) is 18.9 Å². The highest BCUT2D eigenvalue weighted by Gasteiger charge is 2.21. The number of benzene rings is 1. The summed E-state index contributed by atoms with van der Waals surface area (Å²) in [5, 5.41) is 0. The minimum atomic E-state index is -0.439. The van der Waals surface area contributed by atoms with E-state index in [9.17, 15) is 9.59 Å². The summed E-state index contributed by atoms with van der Waals surface area (Å²) in [6.45, 7) is 4.60. The first kappa shape index (κ1) is 27.6. The molecule has 0 radical (unpaired) electrons. The van der Waals surface area contributed by atoms with E-state index in [2.05, 4.69) is 6.08 Å². The van der Waals surface area contributed by atoms with Crippen molar-refractivity contribution in [3.63, 3.8) is 0 Å². The minimum Gasteiger partial charge on any atom is -0.497 e. The van der Waals surface area contributed by atoms with Crippen molar-refractivity contribution in [2.75, 3.05) is 13.7 Å². The van der Waals surface area contributed by atoms with Crippen LogP contribution in [0.1, 0.15) is 57.9 Å². The molecule has 0 spiro atoms. The van der Waals surface area contributed by atoms with Crippen molar-refractivity contribution in [1.29, 1.82) is 0 Å². The van der Waals surface area contributed by atoms with Crippen LogP contribution < -0.4 is 4.74 Å². The van der Waals surface area contributed by atoms with Gasteiger partial charge >= 0.3 is 5.97 Å². The van der Waals surface area contributed by atoms with Crippen LogP contribution in [-0.4, -0.2) is 43.8 Å². The number of esters is 1. The lowest BCUT2D eigenvalue weighted by Crippen LogP contribution is -2.27. The second-order valence-electron chi connectivity index (χ2n) is 9.52. The molecule has 0 saturated carbocycles. The molecule has 1 aromatic rings. The maximum absolute atomic E-state index is 12.5. The fourth-order valence-corrected chi connectivity index (χ4v) is 4.37. The number of hydrogen-bond donors (Lipinski definition) is 0. The standard InChI is InChI=1S/C30H38O6/c1-22-7-4-12-30(32)36-29(21-34-20-24-13-15-26(33-3)16-14-24)19-23(2)18-28-11-6-10-27(35-28)9-5-8-25(31)17-22/h4-5,7-8,12-16,18,27-29H,6,9-11,17,19-21H2,1-3H3/b8-5+,12-4+,22-7+,23-18+/t27-,28-,29?/m1/s1. The molecular formula is C30H38O6. The summed E-state index contributed by atoms with van der Waals surface area (Å²) in [6, 6.07) is 7.69. The van der Waals surface area contributed by atoms with Crippen LogP contribution >= 0.6 is 0 Å². The summed E-state index contributed by atoms with van der Waals surface area (Å²) in [5.41, 5.74) is 2.99. The SMILES string of the molecule is COc1ccc(COCC2C/C(C)=C/[C@H]3CCC[C@@H](C/C=C/C(=O)C/C(C)=C/C=C/C(=O)O2)O3)cc1. The number of cyclic esters (lactones) is 1. The first-order chi connectivity index (χ1) is 17.4. The number of carbonyl (C=O) groups is 2. The predicted molar refractivity (Wildman–Crippen MR) is 140 cm³/mol. The Morgan fingerprint density at radius 1 is 1.03 bits per heavy atom. The Labute approximate surface area is 214 Å². The van der Waals surface area contributed by atoms with Gasteiger partial charge in [0.25, 0.3) is 0 Å². The quantitative estimate of drug-likeness (QED) is 0.379. The monoisotopic (exact) mass is 494 g/mol. The van der Waals surface area contributed by atoms with Crippen molar-refractivity contribution in [2.45, 2.75) is 77.3 Å². The van der Waals surface area contributed by atoms with E-state index in [1.807, 2.05) is 44.2 Å². The lowest BCUT2D eigenvalue weighted by Gasteiger charge is -2.28. The smallest absolute Gasteiger partial charge is 0.331 e. The summed E-state index contributed by atoms with van der Waals surface area (Å²) in [6.07, 6.45) is 14.8. The molecule has 2 bridgehead atoms. The third kappa shape index (κ3) is 9.96. The average molecular weight is 495 g/mol. The van der Waals surface area contributed by atoms with Crippen LogP contribution in [0.2, 0.25) is 0 Å². The van der Waals surface area contributed by atoms with Crippen LogP contribution in [0.5, 0.6) is 5.75 Å². The normalized spacial score (nSPS) is 28.9. The van der Waals surface area contributed by atoms with Crippen LogP contribution in [0, 0.1) is 0 Å². The Balaban J connectivity index is 1.70. The Morgan fingerprint density at radius 3 is 2.61 bits per heavy atom. The van der Waals surface area contributed by atoms with Crippen LogP contribution in [0.4, 0.5) is 0 Å². The molecular weight excluding hydrogens is 456 g/mol. The molecule has 1 saturated heterocycles. The van der Waals surface area contributed by atoms with E-state index in [1.165, 1.54) is 6.08 Å². The van der Waals surface area contributed by atoms with E-state index in [0.717, 1.165) is 48.1 Å². The predicted octanol–water partition coefficient (Wildman–Crippen LogP) is 5.82. The van der Waals surface area contributed by atoms with Gasteiger partial charge in [0.05, 0.1) is 32.5 Å². The van der Waals surface area contributed by atoms with Gasteiger partial charge in [-0.05, 0) is 63.3 Å². The Hall–Kier alpha value is -2.96. The molecule has 6 heteroatoms. The maximum Gasteiger partial charge on any atom is 0.331 e. The second-order valence-corrected chi connectivity index (χ2v) is 9.52. The maximum atomic E-state index is 12.5. The van der Waals surface area contributed by atoms with E-state index in [0.29, 0.717) is 19.4 Å². The molecule has 1 fully saturated rings. The van der Waals surface area contributed by atoms with Gasteiger partial charge < -0.3 is 18.9 Å². The third-order valence-corrected chi connectivity index (χ3v) is 6.19. The molecule has 0 aliphatic carbocycles. The summed E-state index contributed by atoms with van der Waals surface area (Å²) in [5.74, 6) is 0.394. The summed E-state index contributed by atoms with van der Waals surface area (Å²) in [7, 11) is 1.63. The summed E-state index contributed by atoms with van der Waals surface area (Å²) < 4.78 is 23.1. The van der Waals surface area contributed by atoms with E-state index >= 15 is 0 Å². The Kier molecular flexibility index (Phi) is 11.2. The van der Waals surface area contributed by atoms with Gasteiger partial charge in [-0.2, -0.15) is 0 Å². The lowest BCUT2D eigenvalue weighted by molar-refractivity contribution is -0.146. The molecule has 2 heterocycles. The van der Waals surface area contributed by atoms with Gasteiger partial charge in [-0.3, -0.25) is 4.79 Å². The molecule has 0 amide bonds. The molecule has 0 aromatic heterocycles. The van der Waals surface area contributed by atoms with Crippen LogP contribution in [0.25, 0.3) is 0 Å². The zero-order valence-electron chi connectivity index (χ0n) is 21.6. The number of allylic oxidation sites excluding steroid dienone is 4. The highest BCUT2D eigenvalue weighted by Crippen LogP contribution is 2.24. The molecule has 0 N–H and O–H groups in total. The topological polar surface area (TPSA) is 71.1 Å². The van der Waals surface area contributed by atoms with Crippen molar-refractivity contribution in [3.05, 3.63) is 77.4 Å². The number of carbonyl (C=O) groups excluding carboxylic acids is 2. The molecule has 1 unspecified atom stereocenters. The zero-order chi connectivity index (χ0) is 25.8. The fraction of sp³-hybridized carbons (Fsp3) is 0.467. The van der Waals surface area contributed by atoms with Gasteiger partial charge in [0, 0.05) is 18.9 Å². The van der Waals surface area contributed by atoms with Crippen molar-refractivity contribution in [2.24, 2.45) is 0 Å². The fourth-order valence-electron chi connectivity index (χ4n) is 4.37. The average Bonchev–Trinajstić information content (AvgIpc) is 2.84. The van der Waals surface area contributed by atoms with E-state index < -0.39 is 12.1 Å². The van der Waals surface area contributed by atoms with Gasteiger partial charge in [-0.1, -0.05) is 47.6 Å². The number of ether oxygens (including phenoxy) is 4. The number of methoxy groups -OCH3 is 1. The summed E-state index contributed by atoms with van der Waals surface area (Å²) in [4.78, 5) is 24.7. The molecule has 36 heavy (non-hydrogen) atoms. The third-order valence-electron chi connectivity index (χ3n) is 6.19. The Morgan fingerprint density at radius 2 is 1.83 bits per heavy atom. The number of rotatable bonds is 5. The van der Waals surface area contributed by atoms with Crippen LogP contribution in [0.15, 0.2) is 71.9 Å². The van der Waals surface area contributed by atoms with E-state index in [-0.39, 0.29) is 24.6 Å². The first-order valence-corrected chi connectivity index (χ1v) is 12.7. The van der Waals surface area contributed by atoms with Crippen LogP contribution in [0.3, 0.4) is 0 Å². The van der Waals surface area contributed by atoms with Gasteiger partial charge in [0.2, 0.25) is 0 Å². The number of ketones is 1. The zero-order valence-corrected chi connectivity index (χ0v) is 21.6. The van der Waals surface area contributed by atoms with Gasteiger partial charge in [0.15, 0.2) is 5.78 Å². The molecule has 3 rings (SSSR count). The van der Waals surface area contributed by atoms with Crippen molar-refractivity contribution in [1.82, 2.24) is 0 Å². The van der Waals surface area contributed by atoms with Crippen molar-refractivity contribution in [3.8, 4) is 5.75 Å². The van der Waals surface area contributed by atoms with Crippen molar-refractivity contribution >= 4 is 11.8 Å². The molecule has 2 aliphatic rings. The lowest BCUT2D eigenvalue weighted by atomic mass is 9.99. The van der Waals surface area contributed by atoms with E-state index in [1.54, 1.807) is 25.3 Å². The van der Waals surface area contributed by atoms with Gasteiger partial charge in [-0.15, -0.1) is 0 Å². The highest BCUT2D eigenvalue weighted by atomic mass is 16.6. The highest BCUT2D eigenvalue weighted by molar-refractivity contribution is 5.91. The molecule has 194 valence electrons. The molecule has 2 aliphatic heterocycles. The Bertz CT molecular complexity index is 985. The molecule has 6 nitrogen and oxygen atoms in total.